The van der Waals surface area contributed by atoms with Crippen molar-refractivity contribution in [2.75, 3.05) is 26.4 Å². The van der Waals surface area contributed by atoms with Gasteiger partial charge >= 0.3 is 5.97 Å². The first-order valence-electron chi connectivity index (χ1n) is 4.18. The fourth-order valence-electron chi connectivity index (χ4n) is 1.03. The zero-order valence-corrected chi connectivity index (χ0v) is 7.25. The molecule has 1 aliphatic rings. The predicted octanol–water partition coefficient (Wildman–Crippen LogP) is 0.355. The van der Waals surface area contributed by atoms with Crippen LogP contribution in [0.4, 0.5) is 0 Å². The Hall–Kier alpha value is -0.610. The number of rotatable bonds is 4. The lowest BCUT2D eigenvalue weighted by Gasteiger charge is -2.08. The molecule has 70 valence electrons. The molecule has 0 saturated carbocycles. The van der Waals surface area contributed by atoms with Crippen LogP contribution >= 0.6 is 0 Å². The van der Waals surface area contributed by atoms with E-state index in [4.69, 9.17) is 14.2 Å². The van der Waals surface area contributed by atoms with Gasteiger partial charge in [0.1, 0.15) is 6.61 Å². The highest BCUT2D eigenvalue weighted by atomic mass is 16.6. The first-order chi connectivity index (χ1) is 5.83. The molecule has 0 N–H and O–H groups in total. The van der Waals surface area contributed by atoms with E-state index in [9.17, 15) is 4.79 Å². The molecule has 1 saturated heterocycles. The summed E-state index contributed by atoms with van der Waals surface area (Å²) in [5.41, 5.74) is 0. The van der Waals surface area contributed by atoms with E-state index in [0.29, 0.717) is 13.2 Å². The molecule has 12 heavy (non-hydrogen) atoms. The Morgan fingerprint density at radius 3 is 3.08 bits per heavy atom. The number of hydrogen-bond donors (Lipinski definition) is 0. The summed E-state index contributed by atoms with van der Waals surface area (Å²) in [5, 5.41) is 0. The molecule has 0 amide bonds. The van der Waals surface area contributed by atoms with Crippen molar-refractivity contribution in [1.29, 1.82) is 0 Å². The summed E-state index contributed by atoms with van der Waals surface area (Å²) in [4.78, 5) is 10.8. The van der Waals surface area contributed by atoms with Crippen LogP contribution in [0.5, 0.6) is 0 Å². The van der Waals surface area contributed by atoms with E-state index in [-0.39, 0.29) is 18.7 Å². The standard InChI is InChI=1S/C8H14O4/c1-2-11-8(9)6-12-7-3-4-10-5-7/h7H,2-6H2,1H3/t7-/m1/s1. The molecule has 0 spiro atoms. The van der Waals surface area contributed by atoms with Crippen LogP contribution in [0, 0.1) is 0 Å². The van der Waals surface area contributed by atoms with E-state index in [0.717, 1.165) is 13.0 Å². The SMILES string of the molecule is CCOC(=O)CO[C@@H]1CCOC1. The van der Waals surface area contributed by atoms with Crippen LogP contribution < -0.4 is 0 Å². The van der Waals surface area contributed by atoms with Gasteiger partial charge in [-0.2, -0.15) is 0 Å². The van der Waals surface area contributed by atoms with Crippen LogP contribution in [-0.2, 0) is 19.0 Å². The van der Waals surface area contributed by atoms with E-state index in [1.54, 1.807) is 6.92 Å². The van der Waals surface area contributed by atoms with E-state index >= 15 is 0 Å². The van der Waals surface area contributed by atoms with Crippen molar-refractivity contribution in [3.8, 4) is 0 Å². The Balaban J connectivity index is 2.03. The van der Waals surface area contributed by atoms with Gasteiger partial charge in [-0.05, 0) is 13.3 Å². The maximum Gasteiger partial charge on any atom is 0.332 e. The van der Waals surface area contributed by atoms with Crippen molar-refractivity contribution in [3.63, 3.8) is 0 Å². The fraction of sp³-hybridized carbons (Fsp3) is 0.875. The molecule has 1 rings (SSSR count). The lowest BCUT2D eigenvalue weighted by Crippen LogP contribution is -2.19. The quantitative estimate of drug-likeness (QED) is 0.577. The van der Waals surface area contributed by atoms with Crippen molar-refractivity contribution < 1.29 is 19.0 Å². The summed E-state index contributed by atoms with van der Waals surface area (Å²) in [5.74, 6) is -0.301. The van der Waals surface area contributed by atoms with Crippen molar-refractivity contribution >= 4 is 5.97 Å². The van der Waals surface area contributed by atoms with E-state index in [1.165, 1.54) is 0 Å². The topological polar surface area (TPSA) is 44.8 Å². The maximum atomic E-state index is 10.8. The summed E-state index contributed by atoms with van der Waals surface area (Å²) in [6, 6.07) is 0. The molecule has 0 bridgehead atoms. The highest BCUT2D eigenvalue weighted by Crippen LogP contribution is 2.07. The van der Waals surface area contributed by atoms with Crippen LogP contribution in [0.25, 0.3) is 0 Å². The molecule has 1 fully saturated rings. The molecular formula is C8H14O4. The Morgan fingerprint density at radius 1 is 1.67 bits per heavy atom. The van der Waals surface area contributed by atoms with Crippen molar-refractivity contribution in [2.24, 2.45) is 0 Å². The van der Waals surface area contributed by atoms with Crippen LogP contribution in [0.3, 0.4) is 0 Å². The Bertz CT molecular complexity index is 140. The molecule has 1 aliphatic heterocycles. The average Bonchev–Trinajstić information content (AvgIpc) is 2.53. The van der Waals surface area contributed by atoms with Gasteiger partial charge in [0.15, 0.2) is 0 Å². The number of ether oxygens (including phenoxy) is 3. The van der Waals surface area contributed by atoms with Gasteiger partial charge in [0.2, 0.25) is 0 Å². The maximum absolute atomic E-state index is 10.8. The normalized spacial score (nSPS) is 22.6. The van der Waals surface area contributed by atoms with Gasteiger partial charge in [0.05, 0.1) is 19.3 Å². The number of esters is 1. The average molecular weight is 174 g/mol. The largest absolute Gasteiger partial charge is 0.464 e. The van der Waals surface area contributed by atoms with Gasteiger partial charge in [-0.15, -0.1) is 0 Å². The van der Waals surface area contributed by atoms with E-state index in [2.05, 4.69) is 0 Å². The summed E-state index contributed by atoms with van der Waals surface area (Å²) < 4.78 is 15.0. The molecule has 0 aliphatic carbocycles. The molecular weight excluding hydrogens is 160 g/mol. The molecule has 1 atom stereocenters. The Morgan fingerprint density at radius 2 is 2.50 bits per heavy atom. The van der Waals surface area contributed by atoms with E-state index in [1.807, 2.05) is 0 Å². The first-order valence-corrected chi connectivity index (χ1v) is 4.18. The van der Waals surface area contributed by atoms with Crippen molar-refractivity contribution in [2.45, 2.75) is 19.4 Å². The van der Waals surface area contributed by atoms with Gasteiger partial charge in [0.25, 0.3) is 0 Å². The molecule has 0 aromatic carbocycles. The minimum Gasteiger partial charge on any atom is -0.464 e. The van der Waals surface area contributed by atoms with Crippen LogP contribution in [-0.4, -0.2) is 38.5 Å². The third-order valence-electron chi connectivity index (χ3n) is 1.63. The van der Waals surface area contributed by atoms with Crippen molar-refractivity contribution in [3.05, 3.63) is 0 Å². The molecule has 0 radical (unpaired) electrons. The number of hydrogen-bond acceptors (Lipinski definition) is 4. The second-order valence-electron chi connectivity index (χ2n) is 2.60. The molecule has 4 nitrogen and oxygen atoms in total. The van der Waals surface area contributed by atoms with E-state index < -0.39 is 0 Å². The summed E-state index contributed by atoms with van der Waals surface area (Å²) in [7, 11) is 0. The summed E-state index contributed by atoms with van der Waals surface area (Å²) in [6.45, 7) is 3.55. The summed E-state index contributed by atoms with van der Waals surface area (Å²) in [6.07, 6.45) is 0.953. The Labute approximate surface area is 71.8 Å². The molecule has 0 unspecified atom stereocenters. The molecule has 0 aromatic rings. The zero-order valence-electron chi connectivity index (χ0n) is 7.25. The van der Waals surface area contributed by atoms with Crippen LogP contribution in [0.1, 0.15) is 13.3 Å². The zero-order chi connectivity index (χ0) is 8.81. The highest BCUT2D eigenvalue weighted by molar-refractivity contribution is 5.70. The summed E-state index contributed by atoms with van der Waals surface area (Å²) >= 11 is 0. The van der Waals surface area contributed by atoms with Gasteiger partial charge in [-0.25, -0.2) is 4.79 Å². The van der Waals surface area contributed by atoms with Crippen LogP contribution in [0.2, 0.25) is 0 Å². The van der Waals surface area contributed by atoms with Crippen molar-refractivity contribution in [1.82, 2.24) is 0 Å². The van der Waals surface area contributed by atoms with Gasteiger partial charge in [-0.1, -0.05) is 0 Å². The van der Waals surface area contributed by atoms with Gasteiger partial charge < -0.3 is 14.2 Å². The number of carbonyl (C=O) groups excluding carboxylic acids is 1. The van der Waals surface area contributed by atoms with Gasteiger partial charge in [0, 0.05) is 6.61 Å². The third-order valence-corrected chi connectivity index (χ3v) is 1.63. The minimum atomic E-state index is -0.301. The monoisotopic (exact) mass is 174 g/mol. The lowest BCUT2D eigenvalue weighted by atomic mass is 10.3. The third kappa shape index (κ3) is 3.19. The second-order valence-corrected chi connectivity index (χ2v) is 2.60. The Kier molecular flexibility index (Phi) is 4.04. The molecule has 4 heteroatoms. The fourth-order valence-corrected chi connectivity index (χ4v) is 1.03. The molecule has 0 aromatic heterocycles. The lowest BCUT2D eigenvalue weighted by molar-refractivity contribution is -0.150. The molecule has 1 heterocycles. The highest BCUT2D eigenvalue weighted by Gasteiger charge is 2.17. The predicted molar refractivity (Wildman–Crippen MR) is 41.8 cm³/mol. The number of carbonyl (C=O) groups is 1. The van der Waals surface area contributed by atoms with Gasteiger partial charge in [-0.3, -0.25) is 0 Å². The second kappa shape index (κ2) is 5.11. The smallest absolute Gasteiger partial charge is 0.332 e. The van der Waals surface area contributed by atoms with Crippen LogP contribution in [0.15, 0.2) is 0 Å². The first kappa shape index (κ1) is 9.48. The minimum absolute atomic E-state index is 0.0435.